The van der Waals surface area contributed by atoms with Gasteiger partial charge in [0.15, 0.2) is 0 Å². The average molecular weight is 466 g/mol. The third-order valence-electron chi connectivity index (χ3n) is 6.75. The molecule has 3 nitrogen and oxygen atoms in total. The highest BCUT2D eigenvalue weighted by Crippen LogP contribution is 2.17. The highest BCUT2D eigenvalue weighted by Gasteiger charge is 2.10. The molecule has 0 saturated heterocycles. The van der Waals surface area contributed by atoms with E-state index in [-0.39, 0.29) is 5.97 Å². The number of esters is 1. The van der Waals surface area contributed by atoms with Crippen LogP contribution >= 0.6 is 0 Å². The molecule has 33 heavy (non-hydrogen) atoms. The standard InChI is InChI=1S/C30H59NO2/c1-5-7-8-9-17-20-23-26-29(31(3)4)27-24-21-18-15-13-11-10-12-14-16-19-22-25-28-30(32)33-6-2/h12,14,29H,5-11,13,15-28H2,1-4H3/b14-12-. The zero-order valence-corrected chi connectivity index (χ0v) is 23.1. The van der Waals surface area contributed by atoms with Gasteiger partial charge in [-0.15, -0.1) is 0 Å². The van der Waals surface area contributed by atoms with Crippen molar-refractivity contribution in [3.05, 3.63) is 12.2 Å². The molecule has 0 rings (SSSR count). The van der Waals surface area contributed by atoms with Gasteiger partial charge in [0, 0.05) is 12.5 Å². The molecule has 3 heteroatoms. The van der Waals surface area contributed by atoms with Crippen molar-refractivity contribution in [2.24, 2.45) is 0 Å². The lowest BCUT2D eigenvalue weighted by molar-refractivity contribution is -0.143. The van der Waals surface area contributed by atoms with Gasteiger partial charge in [0.1, 0.15) is 0 Å². The van der Waals surface area contributed by atoms with Crippen molar-refractivity contribution in [3.8, 4) is 0 Å². The van der Waals surface area contributed by atoms with Crippen molar-refractivity contribution in [2.75, 3.05) is 20.7 Å². The van der Waals surface area contributed by atoms with Crippen LogP contribution in [0.1, 0.15) is 149 Å². The summed E-state index contributed by atoms with van der Waals surface area (Å²) in [5.41, 5.74) is 0. The van der Waals surface area contributed by atoms with Gasteiger partial charge in [0.2, 0.25) is 0 Å². The molecular weight excluding hydrogens is 406 g/mol. The van der Waals surface area contributed by atoms with Crippen molar-refractivity contribution in [2.45, 2.75) is 155 Å². The van der Waals surface area contributed by atoms with Crippen molar-refractivity contribution in [3.63, 3.8) is 0 Å². The number of rotatable bonds is 25. The molecule has 0 aromatic carbocycles. The molecule has 0 spiro atoms. The van der Waals surface area contributed by atoms with Gasteiger partial charge >= 0.3 is 5.97 Å². The third-order valence-corrected chi connectivity index (χ3v) is 6.75. The minimum atomic E-state index is -0.0472. The maximum atomic E-state index is 11.3. The Balaban J connectivity index is 3.46. The lowest BCUT2D eigenvalue weighted by Gasteiger charge is -2.24. The van der Waals surface area contributed by atoms with Crippen LogP contribution in [0.15, 0.2) is 12.2 Å². The highest BCUT2D eigenvalue weighted by molar-refractivity contribution is 5.69. The van der Waals surface area contributed by atoms with Crippen LogP contribution in [0.4, 0.5) is 0 Å². The maximum absolute atomic E-state index is 11.3. The Morgan fingerprint density at radius 2 is 1.12 bits per heavy atom. The van der Waals surface area contributed by atoms with Crippen molar-refractivity contribution in [1.82, 2.24) is 4.90 Å². The second-order valence-corrected chi connectivity index (χ2v) is 10.1. The first-order chi connectivity index (χ1) is 16.1. The number of hydrogen-bond acceptors (Lipinski definition) is 3. The molecule has 0 aromatic rings. The van der Waals surface area contributed by atoms with E-state index in [0.29, 0.717) is 13.0 Å². The molecule has 0 bridgehead atoms. The van der Waals surface area contributed by atoms with E-state index in [0.717, 1.165) is 25.3 Å². The van der Waals surface area contributed by atoms with Crippen molar-refractivity contribution in [1.29, 1.82) is 0 Å². The zero-order valence-electron chi connectivity index (χ0n) is 23.1. The van der Waals surface area contributed by atoms with Crippen LogP contribution in [-0.2, 0) is 9.53 Å². The van der Waals surface area contributed by atoms with E-state index in [1.807, 2.05) is 6.92 Å². The normalized spacial score (nSPS) is 12.6. The van der Waals surface area contributed by atoms with Gasteiger partial charge in [-0.2, -0.15) is 0 Å². The van der Waals surface area contributed by atoms with Gasteiger partial charge in [-0.3, -0.25) is 4.79 Å². The summed E-state index contributed by atoms with van der Waals surface area (Å²) >= 11 is 0. The highest BCUT2D eigenvalue weighted by atomic mass is 16.5. The Morgan fingerprint density at radius 1 is 0.667 bits per heavy atom. The molecule has 196 valence electrons. The summed E-state index contributed by atoms with van der Waals surface area (Å²) < 4.78 is 4.95. The SMILES string of the molecule is CCCCCCCCCC(CCCCCCCC/C=C\CCCCCC(=O)OCC)N(C)C. The van der Waals surface area contributed by atoms with E-state index in [9.17, 15) is 4.79 Å². The summed E-state index contributed by atoms with van der Waals surface area (Å²) in [7, 11) is 4.53. The van der Waals surface area contributed by atoms with Gasteiger partial charge < -0.3 is 9.64 Å². The van der Waals surface area contributed by atoms with Crippen LogP contribution in [-0.4, -0.2) is 37.6 Å². The van der Waals surface area contributed by atoms with Crippen LogP contribution < -0.4 is 0 Å². The maximum Gasteiger partial charge on any atom is 0.305 e. The fourth-order valence-corrected chi connectivity index (χ4v) is 4.52. The van der Waals surface area contributed by atoms with Crippen molar-refractivity contribution < 1.29 is 9.53 Å². The van der Waals surface area contributed by atoms with Gasteiger partial charge in [-0.1, -0.05) is 103 Å². The fourth-order valence-electron chi connectivity index (χ4n) is 4.52. The molecule has 0 heterocycles. The summed E-state index contributed by atoms with van der Waals surface area (Å²) in [4.78, 5) is 13.7. The van der Waals surface area contributed by atoms with Gasteiger partial charge in [-0.25, -0.2) is 0 Å². The fraction of sp³-hybridized carbons (Fsp3) is 0.900. The van der Waals surface area contributed by atoms with Crippen LogP contribution in [0.5, 0.6) is 0 Å². The first-order valence-electron chi connectivity index (χ1n) is 14.6. The predicted octanol–water partition coefficient (Wildman–Crippen LogP) is 9.25. The number of carbonyl (C=O) groups excluding carboxylic acids is 1. The van der Waals surface area contributed by atoms with E-state index in [2.05, 4.69) is 38.1 Å². The molecule has 0 aliphatic rings. The van der Waals surface area contributed by atoms with Crippen LogP contribution in [0.3, 0.4) is 0 Å². The zero-order chi connectivity index (χ0) is 24.4. The molecule has 0 radical (unpaired) electrons. The summed E-state index contributed by atoms with van der Waals surface area (Å²) in [6, 6.07) is 0.788. The summed E-state index contributed by atoms with van der Waals surface area (Å²) in [6.45, 7) is 4.66. The largest absolute Gasteiger partial charge is 0.466 e. The smallest absolute Gasteiger partial charge is 0.305 e. The number of allylic oxidation sites excluding steroid dienone is 2. The molecule has 0 aliphatic heterocycles. The number of unbranched alkanes of at least 4 members (excludes halogenated alkanes) is 15. The lowest BCUT2D eigenvalue weighted by Crippen LogP contribution is -2.27. The van der Waals surface area contributed by atoms with E-state index >= 15 is 0 Å². The number of carbonyl (C=O) groups is 1. The Labute approximate surface area is 208 Å². The Hall–Kier alpha value is -0.830. The van der Waals surface area contributed by atoms with E-state index in [1.165, 1.54) is 109 Å². The third kappa shape index (κ3) is 24.1. The van der Waals surface area contributed by atoms with Gasteiger partial charge in [0.05, 0.1) is 6.61 Å². The van der Waals surface area contributed by atoms with Crippen molar-refractivity contribution >= 4 is 5.97 Å². The Kier molecular flexibility index (Phi) is 25.1. The average Bonchev–Trinajstić information content (AvgIpc) is 2.79. The minimum Gasteiger partial charge on any atom is -0.466 e. The van der Waals surface area contributed by atoms with Crippen LogP contribution in [0, 0.1) is 0 Å². The molecule has 0 N–H and O–H groups in total. The Bertz CT molecular complexity index is 433. The second kappa shape index (κ2) is 25.8. The molecule has 1 atom stereocenters. The molecule has 0 saturated carbocycles. The molecule has 0 fully saturated rings. The quantitative estimate of drug-likeness (QED) is 0.0764. The van der Waals surface area contributed by atoms with Crippen LogP contribution in [0.25, 0.3) is 0 Å². The molecule has 1 unspecified atom stereocenters. The van der Waals surface area contributed by atoms with Crippen LogP contribution in [0.2, 0.25) is 0 Å². The predicted molar refractivity (Wildman–Crippen MR) is 146 cm³/mol. The van der Waals surface area contributed by atoms with E-state index in [4.69, 9.17) is 4.74 Å². The Morgan fingerprint density at radius 3 is 1.61 bits per heavy atom. The lowest BCUT2D eigenvalue weighted by atomic mass is 9.99. The molecular formula is C30H59NO2. The molecule has 0 aromatic heterocycles. The molecule has 0 aliphatic carbocycles. The first-order valence-corrected chi connectivity index (χ1v) is 14.6. The first kappa shape index (κ1) is 32.2. The number of nitrogens with zero attached hydrogens (tertiary/aromatic N) is 1. The second-order valence-electron chi connectivity index (χ2n) is 10.1. The van der Waals surface area contributed by atoms with Gasteiger partial charge in [0.25, 0.3) is 0 Å². The monoisotopic (exact) mass is 465 g/mol. The van der Waals surface area contributed by atoms with Gasteiger partial charge in [-0.05, 0) is 66.0 Å². The summed E-state index contributed by atoms with van der Waals surface area (Å²) in [6.07, 6.45) is 31.9. The minimum absolute atomic E-state index is 0.0472. The number of hydrogen-bond donors (Lipinski definition) is 0. The summed E-state index contributed by atoms with van der Waals surface area (Å²) in [5, 5.41) is 0. The number of ether oxygens (including phenoxy) is 1. The topological polar surface area (TPSA) is 29.5 Å². The van der Waals surface area contributed by atoms with E-state index in [1.54, 1.807) is 0 Å². The van der Waals surface area contributed by atoms with E-state index < -0.39 is 0 Å². The molecule has 0 amide bonds. The summed E-state index contributed by atoms with van der Waals surface area (Å²) in [5.74, 6) is -0.0472.